The Morgan fingerprint density at radius 1 is 1.11 bits per heavy atom. The minimum Gasteiger partial charge on any atom is -0.481 e. The number of aliphatic carboxylic acids is 1. The highest BCUT2D eigenvalue weighted by Gasteiger charge is 2.52. The van der Waals surface area contributed by atoms with Crippen LogP contribution in [0.2, 0.25) is 0 Å². The number of hydrogen-bond donors (Lipinski definition) is 1. The first kappa shape index (κ1) is 20.5. The molecule has 1 saturated heterocycles. The number of rotatable bonds is 4. The number of carboxylic acids is 1. The molecule has 0 spiro atoms. The molecule has 28 heavy (non-hydrogen) atoms. The summed E-state index contributed by atoms with van der Waals surface area (Å²) < 4.78 is 45.1. The molecule has 7 heteroatoms. The smallest absolute Gasteiger partial charge is 0.393 e. The van der Waals surface area contributed by atoms with E-state index in [1.165, 1.54) is 10.5 Å². The van der Waals surface area contributed by atoms with Crippen molar-refractivity contribution in [3.05, 3.63) is 47.7 Å². The van der Waals surface area contributed by atoms with Crippen molar-refractivity contribution in [3.63, 3.8) is 0 Å². The lowest BCUT2D eigenvalue weighted by Gasteiger charge is -2.19. The number of hydrogen-bond acceptors (Lipinski definition) is 3. The van der Waals surface area contributed by atoms with Gasteiger partial charge in [0.1, 0.15) is 11.5 Å². The Morgan fingerprint density at radius 3 is 2.25 bits per heavy atom. The molecule has 0 saturated carbocycles. The van der Waals surface area contributed by atoms with Crippen molar-refractivity contribution in [2.24, 2.45) is 11.8 Å². The molecule has 2 atom stereocenters. The summed E-state index contributed by atoms with van der Waals surface area (Å²) in [7, 11) is 0. The third-order valence-electron chi connectivity index (χ3n) is 5.21. The Kier molecular flexibility index (Phi) is 5.32. The zero-order chi connectivity index (χ0) is 20.7. The van der Waals surface area contributed by atoms with Crippen LogP contribution in [0.4, 0.5) is 13.2 Å². The van der Waals surface area contributed by atoms with Gasteiger partial charge >= 0.3 is 12.1 Å². The van der Waals surface area contributed by atoms with Gasteiger partial charge in [0.15, 0.2) is 0 Å². The van der Waals surface area contributed by atoms with Crippen LogP contribution < -0.4 is 0 Å². The maximum Gasteiger partial charge on any atom is 0.393 e. The summed E-state index contributed by atoms with van der Waals surface area (Å²) in [6, 6.07) is 11.5. The maximum absolute atomic E-state index is 13.1. The molecular formula is C21H24F3NO3. The minimum atomic E-state index is -4.53. The van der Waals surface area contributed by atoms with Gasteiger partial charge in [0.25, 0.3) is 0 Å². The lowest BCUT2D eigenvalue weighted by molar-refractivity contribution is -0.188. The van der Waals surface area contributed by atoms with E-state index >= 15 is 0 Å². The topological polar surface area (TPSA) is 53.7 Å². The molecule has 0 aliphatic carbocycles. The molecule has 0 bridgehead atoms. The summed E-state index contributed by atoms with van der Waals surface area (Å²) in [4.78, 5) is 12.7. The van der Waals surface area contributed by atoms with Crippen LogP contribution in [0.1, 0.15) is 32.1 Å². The molecule has 0 unspecified atom stereocenters. The van der Waals surface area contributed by atoms with E-state index in [-0.39, 0.29) is 25.0 Å². The van der Waals surface area contributed by atoms with E-state index < -0.39 is 24.0 Å². The number of halogens is 3. The Bertz CT molecular complexity index is 834. The monoisotopic (exact) mass is 395 g/mol. The molecule has 2 heterocycles. The number of nitrogens with zero attached hydrogens (tertiary/aromatic N) is 1. The Labute approximate surface area is 162 Å². The van der Waals surface area contributed by atoms with Crippen molar-refractivity contribution < 1.29 is 27.5 Å². The second-order valence-corrected chi connectivity index (χ2v) is 8.38. The normalized spacial score (nSPS) is 21.2. The first-order valence-electron chi connectivity index (χ1n) is 9.16. The summed E-state index contributed by atoms with van der Waals surface area (Å²) in [6.07, 6.45) is -4.53. The molecule has 1 N–H and O–H groups in total. The molecule has 0 amide bonds. The predicted molar refractivity (Wildman–Crippen MR) is 98.8 cm³/mol. The van der Waals surface area contributed by atoms with Crippen molar-refractivity contribution >= 4 is 5.97 Å². The van der Waals surface area contributed by atoms with E-state index in [4.69, 9.17) is 9.52 Å². The van der Waals surface area contributed by atoms with Gasteiger partial charge in [0.2, 0.25) is 0 Å². The number of alkyl halides is 3. The van der Waals surface area contributed by atoms with Crippen molar-refractivity contribution in [2.75, 3.05) is 13.1 Å². The molecule has 0 radical (unpaired) electrons. The van der Waals surface area contributed by atoms with Gasteiger partial charge in [-0.25, -0.2) is 0 Å². The predicted octanol–water partition coefficient (Wildman–Crippen LogP) is 4.94. The standard InChI is InChI=1S/C21H24F3NO3/c1-20(2,3)14-6-4-13(5-7-14)18-9-8-15(28-18)10-25-11-16(19(26)27)17(12-25)21(22,23)24/h4-9,16-17H,10-12H2,1-3H3,(H,26,27)/t16-,17-/m1/s1. The van der Waals surface area contributed by atoms with E-state index in [2.05, 4.69) is 20.8 Å². The van der Waals surface area contributed by atoms with Gasteiger partial charge in [-0.1, -0.05) is 45.0 Å². The lowest BCUT2D eigenvalue weighted by atomic mass is 9.86. The fourth-order valence-electron chi connectivity index (χ4n) is 3.57. The van der Waals surface area contributed by atoms with Crippen LogP contribution >= 0.6 is 0 Å². The first-order chi connectivity index (χ1) is 12.9. The van der Waals surface area contributed by atoms with E-state index in [1.807, 2.05) is 24.3 Å². The summed E-state index contributed by atoms with van der Waals surface area (Å²) in [5.74, 6) is -3.56. The van der Waals surface area contributed by atoms with Gasteiger partial charge in [0, 0.05) is 18.7 Å². The van der Waals surface area contributed by atoms with Gasteiger partial charge in [-0.3, -0.25) is 9.69 Å². The number of carboxylic acid groups (broad SMARTS) is 1. The largest absolute Gasteiger partial charge is 0.481 e. The van der Waals surface area contributed by atoms with Gasteiger partial charge in [-0.2, -0.15) is 13.2 Å². The van der Waals surface area contributed by atoms with Crippen molar-refractivity contribution in [1.29, 1.82) is 0 Å². The highest BCUT2D eigenvalue weighted by molar-refractivity contribution is 5.71. The van der Waals surface area contributed by atoms with Crippen LogP contribution in [-0.4, -0.2) is 35.2 Å². The fourth-order valence-corrected chi connectivity index (χ4v) is 3.57. The number of likely N-dealkylation sites (tertiary alicyclic amines) is 1. The zero-order valence-corrected chi connectivity index (χ0v) is 16.1. The SMILES string of the molecule is CC(C)(C)c1ccc(-c2ccc(CN3C[C@@H](C(F)(F)F)[C@H](C(=O)O)C3)o2)cc1. The quantitative estimate of drug-likeness (QED) is 0.797. The van der Waals surface area contributed by atoms with Crippen LogP contribution in [0.5, 0.6) is 0 Å². The van der Waals surface area contributed by atoms with Crippen LogP contribution in [0.25, 0.3) is 11.3 Å². The zero-order valence-electron chi connectivity index (χ0n) is 16.1. The average Bonchev–Trinajstić information content (AvgIpc) is 3.21. The Balaban J connectivity index is 1.70. The molecular weight excluding hydrogens is 371 g/mol. The third-order valence-corrected chi connectivity index (χ3v) is 5.21. The minimum absolute atomic E-state index is 0.0400. The van der Waals surface area contributed by atoms with Crippen LogP contribution in [0, 0.1) is 11.8 Å². The highest BCUT2D eigenvalue weighted by atomic mass is 19.4. The molecule has 1 aromatic heterocycles. The highest BCUT2D eigenvalue weighted by Crippen LogP contribution is 2.38. The van der Waals surface area contributed by atoms with Gasteiger partial charge < -0.3 is 9.52 Å². The molecule has 152 valence electrons. The van der Waals surface area contributed by atoms with E-state index in [1.54, 1.807) is 12.1 Å². The van der Waals surface area contributed by atoms with Crippen LogP contribution in [0.15, 0.2) is 40.8 Å². The molecule has 1 aromatic carbocycles. The first-order valence-corrected chi connectivity index (χ1v) is 9.16. The summed E-state index contributed by atoms with van der Waals surface area (Å²) in [5, 5.41) is 9.11. The second kappa shape index (κ2) is 7.28. The third kappa shape index (κ3) is 4.41. The lowest BCUT2D eigenvalue weighted by Crippen LogP contribution is -2.33. The van der Waals surface area contributed by atoms with Crippen molar-refractivity contribution in [3.8, 4) is 11.3 Å². The van der Waals surface area contributed by atoms with E-state index in [0.29, 0.717) is 11.5 Å². The maximum atomic E-state index is 13.1. The number of benzene rings is 1. The summed E-state index contributed by atoms with van der Waals surface area (Å²) >= 11 is 0. The number of furan rings is 1. The summed E-state index contributed by atoms with van der Waals surface area (Å²) in [6.45, 7) is 6.05. The van der Waals surface area contributed by atoms with Gasteiger partial charge in [-0.15, -0.1) is 0 Å². The molecule has 1 aliphatic rings. The Morgan fingerprint density at radius 2 is 1.75 bits per heavy atom. The van der Waals surface area contributed by atoms with Crippen LogP contribution in [0.3, 0.4) is 0 Å². The average molecular weight is 395 g/mol. The van der Waals surface area contributed by atoms with E-state index in [9.17, 15) is 18.0 Å². The van der Waals surface area contributed by atoms with Crippen LogP contribution in [-0.2, 0) is 16.8 Å². The van der Waals surface area contributed by atoms with Gasteiger partial charge in [0.05, 0.1) is 18.4 Å². The van der Waals surface area contributed by atoms with Gasteiger partial charge in [-0.05, 0) is 23.1 Å². The molecule has 1 aliphatic heterocycles. The van der Waals surface area contributed by atoms with Crippen molar-refractivity contribution in [2.45, 2.75) is 38.9 Å². The summed E-state index contributed by atoms with van der Waals surface area (Å²) in [5.41, 5.74) is 2.12. The molecule has 3 rings (SSSR count). The molecule has 1 fully saturated rings. The molecule has 4 nitrogen and oxygen atoms in total. The fraction of sp³-hybridized carbons (Fsp3) is 0.476. The second-order valence-electron chi connectivity index (χ2n) is 8.38. The van der Waals surface area contributed by atoms with E-state index in [0.717, 1.165) is 5.56 Å². The van der Waals surface area contributed by atoms with Crippen molar-refractivity contribution in [1.82, 2.24) is 4.90 Å². The number of carbonyl (C=O) groups is 1. The Hall–Kier alpha value is -2.28. The molecule has 2 aromatic rings.